The van der Waals surface area contributed by atoms with Crippen molar-refractivity contribution in [3.63, 3.8) is 0 Å². The number of pyridine rings is 1. The fourth-order valence-electron chi connectivity index (χ4n) is 4.50. The van der Waals surface area contributed by atoms with Crippen LogP contribution in [0, 0.1) is 6.92 Å². The van der Waals surface area contributed by atoms with E-state index in [0.29, 0.717) is 32.8 Å². The SMILES string of the molecule is Cc1ccc2nc(N3CCCCC3)c(/C=C3/SC(=S)N(C[C@@H]4CCCO4)C3=O)c(=O)n2c1. The Kier molecular flexibility index (Phi) is 6.05. The van der Waals surface area contributed by atoms with Crippen molar-refractivity contribution in [2.24, 2.45) is 0 Å². The number of ether oxygens (including phenoxy) is 1. The molecule has 3 saturated heterocycles. The van der Waals surface area contributed by atoms with Gasteiger partial charge in [0.15, 0.2) is 0 Å². The van der Waals surface area contributed by atoms with E-state index in [0.717, 1.165) is 50.9 Å². The molecular weight excluding hydrogens is 444 g/mol. The first-order valence-electron chi connectivity index (χ1n) is 11.2. The summed E-state index contributed by atoms with van der Waals surface area (Å²) in [5.41, 5.74) is 1.88. The Labute approximate surface area is 196 Å². The number of piperidine rings is 1. The highest BCUT2D eigenvalue weighted by Crippen LogP contribution is 2.34. The number of nitrogens with zero attached hydrogens (tertiary/aromatic N) is 4. The predicted molar refractivity (Wildman–Crippen MR) is 131 cm³/mol. The number of hydrogen-bond donors (Lipinski definition) is 0. The van der Waals surface area contributed by atoms with E-state index in [-0.39, 0.29) is 17.6 Å². The number of carbonyl (C=O) groups is 1. The lowest BCUT2D eigenvalue weighted by atomic mass is 10.1. The van der Waals surface area contributed by atoms with Gasteiger partial charge >= 0.3 is 0 Å². The second-order valence-electron chi connectivity index (χ2n) is 8.56. The Morgan fingerprint density at radius 3 is 2.78 bits per heavy atom. The standard InChI is InChI=1S/C23H26N4O3S2/c1-15-7-8-19-24-20(25-9-3-2-4-10-25)17(21(28)26(19)13-15)12-18-22(29)27(23(31)32-18)14-16-6-5-11-30-16/h7-8,12-13,16H,2-6,9-11,14H2,1H3/b18-12+/t16-/m0/s1. The molecule has 7 nitrogen and oxygen atoms in total. The molecule has 1 atom stereocenters. The summed E-state index contributed by atoms with van der Waals surface area (Å²) in [7, 11) is 0. The minimum absolute atomic E-state index is 0.0247. The maximum atomic E-state index is 13.5. The van der Waals surface area contributed by atoms with Crippen molar-refractivity contribution in [3.8, 4) is 0 Å². The summed E-state index contributed by atoms with van der Waals surface area (Å²) < 4.78 is 7.78. The average molecular weight is 471 g/mol. The molecule has 0 spiro atoms. The Morgan fingerprint density at radius 1 is 1.22 bits per heavy atom. The summed E-state index contributed by atoms with van der Waals surface area (Å²) in [4.78, 5) is 35.8. The minimum Gasteiger partial charge on any atom is -0.376 e. The van der Waals surface area contributed by atoms with Crippen LogP contribution in [-0.2, 0) is 9.53 Å². The largest absolute Gasteiger partial charge is 0.376 e. The monoisotopic (exact) mass is 470 g/mol. The van der Waals surface area contributed by atoms with Crippen LogP contribution in [0.2, 0.25) is 0 Å². The molecule has 32 heavy (non-hydrogen) atoms. The van der Waals surface area contributed by atoms with Crippen molar-refractivity contribution in [2.45, 2.75) is 45.1 Å². The topological polar surface area (TPSA) is 67.2 Å². The van der Waals surface area contributed by atoms with Gasteiger partial charge in [0.05, 0.1) is 23.1 Å². The lowest BCUT2D eigenvalue weighted by molar-refractivity contribution is -0.123. The summed E-state index contributed by atoms with van der Waals surface area (Å²) in [5.74, 6) is 0.497. The molecule has 0 bridgehead atoms. The highest BCUT2D eigenvalue weighted by atomic mass is 32.2. The van der Waals surface area contributed by atoms with E-state index in [9.17, 15) is 9.59 Å². The summed E-state index contributed by atoms with van der Waals surface area (Å²) in [6.07, 6.45) is 8.78. The van der Waals surface area contributed by atoms with Gasteiger partial charge in [-0.15, -0.1) is 0 Å². The van der Waals surface area contributed by atoms with Gasteiger partial charge in [-0.2, -0.15) is 0 Å². The third-order valence-corrected chi connectivity index (χ3v) is 7.58. The van der Waals surface area contributed by atoms with E-state index in [1.807, 2.05) is 19.1 Å². The molecule has 5 heterocycles. The van der Waals surface area contributed by atoms with Gasteiger partial charge in [-0.25, -0.2) is 4.98 Å². The average Bonchev–Trinajstić information content (AvgIpc) is 3.40. The highest BCUT2D eigenvalue weighted by Gasteiger charge is 2.35. The van der Waals surface area contributed by atoms with Gasteiger partial charge in [0.1, 0.15) is 15.8 Å². The van der Waals surface area contributed by atoms with E-state index in [1.165, 1.54) is 18.2 Å². The number of rotatable bonds is 4. The van der Waals surface area contributed by atoms with E-state index >= 15 is 0 Å². The number of fused-ring (bicyclic) bond motifs is 1. The van der Waals surface area contributed by atoms with E-state index in [1.54, 1.807) is 21.6 Å². The summed E-state index contributed by atoms with van der Waals surface area (Å²) >= 11 is 6.74. The van der Waals surface area contributed by atoms with Crippen LogP contribution in [-0.4, -0.2) is 56.9 Å². The van der Waals surface area contributed by atoms with Crippen molar-refractivity contribution in [1.82, 2.24) is 14.3 Å². The van der Waals surface area contributed by atoms with Crippen LogP contribution in [0.5, 0.6) is 0 Å². The molecule has 3 aliphatic rings. The van der Waals surface area contributed by atoms with E-state index in [4.69, 9.17) is 21.9 Å². The van der Waals surface area contributed by atoms with Crippen LogP contribution < -0.4 is 10.5 Å². The first kappa shape index (κ1) is 21.6. The molecule has 0 aromatic carbocycles. The van der Waals surface area contributed by atoms with E-state index < -0.39 is 0 Å². The zero-order valence-corrected chi connectivity index (χ0v) is 19.7. The maximum absolute atomic E-state index is 13.5. The maximum Gasteiger partial charge on any atom is 0.267 e. The van der Waals surface area contributed by atoms with Crippen LogP contribution in [0.1, 0.15) is 43.2 Å². The van der Waals surface area contributed by atoms with Crippen LogP contribution >= 0.6 is 24.0 Å². The van der Waals surface area contributed by atoms with Gasteiger partial charge in [0, 0.05) is 25.9 Å². The normalized spacial score (nSPS) is 23.2. The first-order valence-corrected chi connectivity index (χ1v) is 12.4. The Bertz CT molecular complexity index is 1160. The Morgan fingerprint density at radius 2 is 2.03 bits per heavy atom. The van der Waals surface area contributed by atoms with Gasteiger partial charge in [-0.05, 0) is 56.7 Å². The summed E-state index contributed by atoms with van der Waals surface area (Å²) in [5, 5.41) is 0. The molecule has 3 fully saturated rings. The Balaban J connectivity index is 1.57. The molecule has 0 aliphatic carbocycles. The molecule has 2 aromatic rings. The number of thiocarbonyl (C=S) groups is 1. The van der Waals surface area contributed by atoms with Crippen molar-refractivity contribution in [2.75, 3.05) is 31.1 Å². The molecule has 0 unspecified atom stereocenters. The lowest BCUT2D eigenvalue weighted by Crippen LogP contribution is -2.35. The fourth-order valence-corrected chi connectivity index (χ4v) is 5.76. The van der Waals surface area contributed by atoms with Gasteiger partial charge < -0.3 is 9.64 Å². The minimum atomic E-state index is -0.163. The van der Waals surface area contributed by atoms with Gasteiger partial charge in [-0.1, -0.05) is 30.0 Å². The quantitative estimate of drug-likeness (QED) is 0.501. The van der Waals surface area contributed by atoms with Crippen LogP contribution in [0.25, 0.3) is 11.7 Å². The molecule has 9 heteroatoms. The predicted octanol–water partition coefficient (Wildman–Crippen LogP) is 3.37. The highest BCUT2D eigenvalue weighted by molar-refractivity contribution is 8.26. The van der Waals surface area contributed by atoms with Crippen molar-refractivity contribution in [1.29, 1.82) is 0 Å². The smallest absolute Gasteiger partial charge is 0.267 e. The number of hydrogen-bond acceptors (Lipinski definition) is 7. The van der Waals surface area contributed by atoms with Crippen molar-refractivity contribution >= 4 is 51.7 Å². The summed E-state index contributed by atoms with van der Waals surface area (Å²) in [6.45, 7) is 4.85. The number of carbonyl (C=O) groups excluding carboxylic acids is 1. The second-order valence-corrected chi connectivity index (χ2v) is 10.2. The first-order chi connectivity index (χ1) is 15.5. The Hall–Kier alpha value is -2.23. The van der Waals surface area contributed by atoms with Crippen LogP contribution in [0.4, 0.5) is 5.82 Å². The second kappa shape index (κ2) is 8.96. The number of aryl methyl sites for hydroxylation is 1. The van der Waals surface area contributed by atoms with Crippen LogP contribution in [0.3, 0.4) is 0 Å². The molecule has 0 radical (unpaired) electrons. The zero-order valence-electron chi connectivity index (χ0n) is 18.1. The van der Waals surface area contributed by atoms with Gasteiger partial charge in [0.25, 0.3) is 11.5 Å². The third kappa shape index (κ3) is 4.09. The molecular formula is C23H26N4O3S2. The molecule has 0 N–H and O–H groups in total. The molecule has 0 saturated carbocycles. The van der Waals surface area contributed by atoms with Gasteiger partial charge in [-0.3, -0.25) is 18.9 Å². The van der Waals surface area contributed by atoms with Crippen LogP contribution in [0.15, 0.2) is 28.0 Å². The fraction of sp³-hybridized carbons (Fsp3) is 0.478. The number of aromatic nitrogens is 2. The lowest BCUT2D eigenvalue weighted by Gasteiger charge is -2.29. The third-order valence-electron chi connectivity index (χ3n) is 6.20. The molecule has 2 aromatic heterocycles. The molecule has 5 rings (SSSR count). The number of thioether (sulfide) groups is 1. The number of amides is 1. The summed E-state index contributed by atoms with van der Waals surface area (Å²) in [6, 6.07) is 3.83. The zero-order chi connectivity index (χ0) is 22.2. The van der Waals surface area contributed by atoms with Crippen molar-refractivity contribution < 1.29 is 9.53 Å². The molecule has 3 aliphatic heterocycles. The van der Waals surface area contributed by atoms with Crippen molar-refractivity contribution in [3.05, 3.63) is 44.7 Å². The van der Waals surface area contributed by atoms with E-state index in [2.05, 4.69) is 4.90 Å². The number of anilines is 1. The molecule has 1 amide bonds. The molecule has 168 valence electrons. The van der Waals surface area contributed by atoms with Gasteiger partial charge in [0.2, 0.25) is 0 Å².